The van der Waals surface area contributed by atoms with E-state index in [1.54, 1.807) is 37.3 Å². The van der Waals surface area contributed by atoms with Crippen molar-refractivity contribution in [3.05, 3.63) is 63.1 Å². The number of hydrogen-bond donors (Lipinski definition) is 3. The van der Waals surface area contributed by atoms with Crippen LogP contribution in [0.2, 0.25) is 10.0 Å². The topological polar surface area (TPSA) is 85.9 Å². The highest BCUT2D eigenvalue weighted by molar-refractivity contribution is 6.35. The molecule has 3 N–H and O–H groups in total. The number of anilines is 1. The van der Waals surface area contributed by atoms with E-state index in [0.717, 1.165) is 6.07 Å². The van der Waals surface area contributed by atoms with Crippen molar-refractivity contribution in [2.24, 2.45) is 0 Å². The van der Waals surface area contributed by atoms with Gasteiger partial charge in [0.25, 0.3) is 0 Å². The highest BCUT2D eigenvalue weighted by Gasteiger charge is 2.33. The number of carbonyl (C=O) groups excluding carboxylic acids is 2. The molecule has 0 radical (unpaired) electrons. The van der Waals surface area contributed by atoms with Gasteiger partial charge in [0.2, 0.25) is 11.8 Å². The predicted octanol–water partition coefficient (Wildman–Crippen LogP) is 3.73. The third-order valence-electron chi connectivity index (χ3n) is 6.81. The molecule has 41 heavy (non-hydrogen) atoms. The van der Waals surface area contributed by atoms with Crippen molar-refractivity contribution >= 4 is 40.7 Å². The van der Waals surface area contributed by atoms with Gasteiger partial charge >= 0.3 is 6.18 Å². The zero-order chi connectivity index (χ0) is 30.2. The lowest BCUT2D eigenvalue weighted by molar-refractivity contribution is -0.137. The number of carbonyl (C=O) groups is 2. The monoisotopic (exact) mass is 617 g/mol. The zero-order valence-electron chi connectivity index (χ0n) is 23.3. The molecule has 8 nitrogen and oxygen atoms in total. The predicted molar refractivity (Wildman–Crippen MR) is 154 cm³/mol. The lowest BCUT2D eigenvalue weighted by Crippen LogP contribution is -2.56. The molecule has 2 amide bonds. The summed E-state index contributed by atoms with van der Waals surface area (Å²) in [5, 5.41) is 9.63. The molecule has 0 bridgehead atoms. The van der Waals surface area contributed by atoms with E-state index in [-0.39, 0.29) is 37.4 Å². The van der Waals surface area contributed by atoms with Gasteiger partial charge in [-0.1, -0.05) is 29.3 Å². The van der Waals surface area contributed by atoms with Gasteiger partial charge in [-0.2, -0.15) is 13.2 Å². The molecule has 0 aliphatic carbocycles. The Morgan fingerprint density at radius 1 is 1.05 bits per heavy atom. The summed E-state index contributed by atoms with van der Waals surface area (Å²) >= 11 is 12.4. The molecule has 226 valence electrons. The number of nitrogens with one attached hydrogen (secondary N) is 3. The molecule has 2 aromatic rings. The van der Waals surface area contributed by atoms with Crippen molar-refractivity contribution in [1.82, 2.24) is 20.9 Å². The molecule has 1 aliphatic rings. The van der Waals surface area contributed by atoms with Gasteiger partial charge in [0.15, 0.2) is 0 Å². The molecule has 1 heterocycles. The molecule has 1 saturated heterocycles. The number of rotatable bonds is 12. The third kappa shape index (κ3) is 9.47. The second-order valence-corrected chi connectivity index (χ2v) is 10.8. The van der Waals surface area contributed by atoms with Crippen LogP contribution in [0.4, 0.5) is 18.9 Å². The van der Waals surface area contributed by atoms with Crippen LogP contribution in [0.15, 0.2) is 36.4 Å². The maximum Gasteiger partial charge on any atom is 0.416 e. The number of amides is 2. The number of piperazine rings is 1. The Labute approximate surface area is 248 Å². The second kappa shape index (κ2) is 15.1. The average Bonchev–Trinajstić information content (AvgIpc) is 2.92. The Bertz CT molecular complexity index is 1190. The number of likely N-dealkylation sites (N-methyl/N-ethyl adjacent to an activating group) is 1. The maximum absolute atomic E-state index is 13.6. The van der Waals surface area contributed by atoms with Crippen molar-refractivity contribution < 1.29 is 27.5 Å². The molecule has 0 spiro atoms. The minimum absolute atomic E-state index is 0.0413. The third-order valence-corrected chi connectivity index (χ3v) is 7.39. The number of ether oxygens (including phenoxy) is 1. The largest absolute Gasteiger partial charge is 0.416 e. The molecule has 2 unspecified atom stereocenters. The smallest absolute Gasteiger partial charge is 0.383 e. The van der Waals surface area contributed by atoms with E-state index in [1.165, 1.54) is 12.1 Å². The summed E-state index contributed by atoms with van der Waals surface area (Å²) in [6.45, 7) is 4.07. The van der Waals surface area contributed by atoms with Crippen molar-refractivity contribution in [2.45, 2.75) is 38.1 Å². The molecular formula is C28H36Cl2F3N5O3. The van der Waals surface area contributed by atoms with Crippen LogP contribution in [0.25, 0.3) is 0 Å². The van der Waals surface area contributed by atoms with Gasteiger partial charge in [0.05, 0.1) is 18.7 Å². The van der Waals surface area contributed by atoms with E-state index in [1.807, 2.05) is 11.8 Å². The van der Waals surface area contributed by atoms with Gasteiger partial charge in [-0.05, 0) is 55.4 Å². The van der Waals surface area contributed by atoms with Crippen LogP contribution >= 0.6 is 23.2 Å². The summed E-state index contributed by atoms with van der Waals surface area (Å²) in [4.78, 5) is 29.6. The quantitative estimate of drug-likeness (QED) is 0.337. The van der Waals surface area contributed by atoms with Gasteiger partial charge in [0, 0.05) is 68.0 Å². The maximum atomic E-state index is 13.6. The fraction of sp³-hybridized carbons (Fsp3) is 0.500. The Balaban J connectivity index is 1.75. The molecular weight excluding hydrogens is 582 g/mol. The van der Waals surface area contributed by atoms with Crippen LogP contribution < -0.4 is 20.9 Å². The summed E-state index contributed by atoms with van der Waals surface area (Å²) < 4.78 is 45.5. The minimum atomic E-state index is -4.46. The number of methoxy groups -OCH3 is 1. The Morgan fingerprint density at radius 3 is 2.37 bits per heavy atom. The van der Waals surface area contributed by atoms with Gasteiger partial charge < -0.3 is 30.5 Å². The Morgan fingerprint density at radius 2 is 1.76 bits per heavy atom. The molecule has 0 saturated carbocycles. The number of hydrogen-bond acceptors (Lipinski definition) is 6. The van der Waals surface area contributed by atoms with Crippen molar-refractivity contribution in [2.75, 3.05) is 58.4 Å². The van der Waals surface area contributed by atoms with Gasteiger partial charge in [-0.3, -0.25) is 9.59 Å². The number of nitrogens with zero attached hydrogens (tertiary/aromatic N) is 2. The minimum Gasteiger partial charge on any atom is -0.383 e. The average molecular weight is 619 g/mol. The molecule has 2 atom stereocenters. The number of halogens is 5. The normalized spacial score (nSPS) is 15.5. The van der Waals surface area contributed by atoms with Gasteiger partial charge in [-0.15, -0.1) is 0 Å². The van der Waals surface area contributed by atoms with Crippen LogP contribution in [0.1, 0.15) is 23.6 Å². The van der Waals surface area contributed by atoms with Crippen molar-refractivity contribution in [1.29, 1.82) is 0 Å². The first-order chi connectivity index (χ1) is 19.4. The molecule has 1 fully saturated rings. The van der Waals surface area contributed by atoms with E-state index < -0.39 is 17.8 Å². The molecule has 2 aromatic carbocycles. The highest BCUT2D eigenvalue weighted by Crippen LogP contribution is 2.33. The summed E-state index contributed by atoms with van der Waals surface area (Å²) in [5.74, 6) is -0.595. The first kappa shape index (κ1) is 32.9. The highest BCUT2D eigenvalue weighted by atomic mass is 35.5. The fourth-order valence-electron chi connectivity index (χ4n) is 4.71. The second-order valence-electron chi connectivity index (χ2n) is 9.98. The SMILES string of the molecule is CNCC(=O)NC(Cc1ccc(Cl)cc1Cl)C(=O)N1CCN(c2ccc(C(F)(F)F)cc2CNC(C)COC)CC1. The zero-order valence-corrected chi connectivity index (χ0v) is 24.8. The first-order valence-electron chi connectivity index (χ1n) is 13.3. The lowest BCUT2D eigenvalue weighted by atomic mass is 10.0. The fourth-order valence-corrected chi connectivity index (χ4v) is 5.19. The summed E-state index contributed by atoms with van der Waals surface area (Å²) in [6.07, 6.45) is -4.28. The molecule has 0 aromatic heterocycles. The molecule has 3 rings (SSSR count). The van der Waals surface area contributed by atoms with E-state index in [4.69, 9.17) is 27.9 Å². The standard InChI is InChI=1S/C28H36Cl2F3N5O3/c1-18(17-41-3)35-15-20-12-21(28(31,32)33)5-7-25(20)37-8-10-38(11-9-37)27(40)24(36-26(39)16-34-2)13-19-4-6-22(29)14-23(19)30/h4-7,12,14,18,24,34-35H,8-11,13,15-17H2,1-3H3,(H,36,39). The van der Waals surface area contributed by atoms with Crippen LogP contribution in [-0.4, -0.2) is 82.3 Å². The summed E-state index contributed by atoms with van der Waals surface area (Å²) in [5.41, 5.74) is 1.14. The van der Waals surface area contributed by atoms with Crippen LogP contribution in [-0.2, 0) is 33.5 Å². The van der Waals surface area contributed by atoms with Crippen LogP contribution in [0, 0.1) is 0 Å². The first-order valence-corrected chi connectivity index (χ1v) is 14.0. The van der Waals surface area contributed by atoms with E-state index >= 15 is 0 Å². The van der Waals surface area contributed by atoms with E-state index in [9.17, 15) is 22.8 Å². The lowest BCUT2D eigenvalue weighted by Gasteiger charge is -2.38. The molecule has 13 heteroatoms. The number of alkyl halides is 3. The summed E-state index contributed by atoms with van der Waals surface area (Å²) in [7, 11) is 3.20. The van der Waals surface area contributed by atoms with Crippen molar-refractivity contribution in [3.8, 4) is 0 Å². The summed E-state index contributed by atoms with van der Waals surface area (Å²) in [6, 6.07) is 7.81. The Hall–Kier alpha value is -2.57. The van der Waals surface area contributed by atoms with Crippen LogP contribution in [0.5, 0.6) is 0 Å². The Kier molecular flexibility index (Phi) is 12.1. The number of benzene rings is 2. The van der Waals surface area contributed by atoms with Crippen molar-refractivity contribution in [3.63, 3.8) is 0 Å². The van der Waals surface area contributed by atoms with Gasteiger partial charge in [-0.25, -0.2) is 0 Å². The van der Waals surface area contributed by atoms with E-state index in [0.29, 0.717) is 59.6 Å². The van der Waals surface area contributed by atoms with Crippen LogP contribution in [0.3, 0.4) is 0 Å². The molecule has 1 aliphatic heterocycles. The van der Waals surface area contributed by atoms with E-state index in [2.05, 4.69) is 16.0 Å². The van der Waals surface area contributed by atoms with Gasteiger partial charge in [0.1, 0.15) is 6.04 Å².